The fourth-order valence-corrected chi connectivity index (χ4v) is 3.97. The van der Waals surface area contributed by atoms with E-state index in [9.17, 15) is 9.59 Å². The molecule has 1 unspecified atom stereocenters. The number of nitrogens with zero attached hydrogens (tertiary/aromatic N) is 3. The van der Waals surface area contributed by atoms with Gasteiger partial charge in [-0.3, -0.25) is 9.59 Å². The SMILES string of the molecule is Cc1cccc(C(=O)N2Cc3cncn3C(C(=O)NCc3cccs3)C2)c1. The zero-order valence-electron chi connectivity index (χ0n) is 15.0. The Balaban J connectivity index is 1.53. The van der Waals surface area contributed by atoms with E-state index in [1.54, 1.807) is 28.8 Å². The van der Waals surface area contributed by atoms with Gasteiger partial charge in [0.05, 0.1) is 31.7 Å². The molecular formula is C20H20N4O2S. The molecule has 0 fully saturated rings. The Labute approximate surface area is 161 Å². The fraction of sp³-hybridized carbons (Fsp3) is 0.250. The standard InChI is InChI=1S/C20H20N4O2S/c1-14-4-2-5-15(8-14)20(26)23-11-16-9-21-13-24(16)18(12-23)19(25)22-10-17-6-3-7-27-17/h2-9,13,18H,10-12H2,1H3,(H,22,25). The third kappa shape index (κ3) is 3.64. The van der Waals surface area contributed by atoms with Crippen LogP contribution >= 0.6 is 11.3 Å². The number of aromatic nitrogens is 2. The lowest BCUT2D eigenvalue weighted by atomic mass is 10.1. The maximum atomic E-state index is 13.0. The first-order valence-electron chi connectivity index (χ1n) is 8.78. The molecule has 1 aliphatic heterocycles. The Kier molecular flexibility index (Phi) is 4.77. The van der Waals surface area contributed by atoms with Crippen molar-refractivity contribution in [1.29, 1.82) is 0 Å². The molecule has 1 aromatic carbocycles. The summed E-state index contributed by atoms with van der Waals surface area (Å²) >= 11 is 1.60. The van der Waals surface area contributed by atoms with E-state index < -0.39 is 6.04 Å². The highest BCUT2D eigenvalue weighted by Gasteiger charge is 2.32. The Morgan fingerprint density at radius 1 is 1.30 bits per heavy atom. The number of hydrogen-bond donors (Lipinski definition) is 1. The van der Waals surface area contributed by atoms with Crippen LogP contribution in [0, 0.1) is 6.92 Å². The van der Waals surface area contributed by atoms with Gasteiger partial charge in [-0.2, -0.15) is 0 Å². The third-order valence-electron chi connectivity index (χ3n) is 4.70. The van der Waals surface area contributed by atoms with Crippen molar-refractivity contribution in [1.82, 2.24) is 19.8 Å². The van der Waals surface area contributed by atoms with Crippen molar-refractivity contribution in [3.8, 4) is 0 Å². The molecule has 0 saturated carbocycles. The van der Waals surface area contributed by atoms with Crippen molar-refractivity contribution in [2.75, 3.05) is 6.54 Å². The second-order valence-electron chi connectivity index (χ2n) is 6.66. The normalized spacial score (nSPS) is 16.0. The number of amides is 2. The average molecular weight is 380 g/mol. The van der Waals surface area contributed by atoms with Crippen molar-refractivity contribution >= 4 is 23.2 Å². The maximum absolute atomic E-state index is 13.0. The molecule has 27 heavy (non-hydrogen) atoms. The molecule has 1 N–H and O–H groups in total. The molecule has 1 atom stereocenters. The summed E-state index contributed by atoms with van der Waals surface area (Å²) in [4.78, 5) is 32.8. The minimum Gasteiger partial charge on any atom is -0.349 e. The zero-order chi connectivity index (χ0) is 18.8. The Hall–Kier alpha value is -2.93. The quantitative estimate of drug-likeness (QED) is 0.757. The predicted molar refractivity (Wildman–Crippen MR) is 103 cm³/mol. The number of fused-ring (bicyclic) bond motifs is 1. The number of rotatable bonds is 4. The van der Waals surface area contributed by atoms with E-state index in [-0.39, 0.29) is 11.8 Å². The summed E-state index contributed by atoms with van der Waals surface area (Å²) in [6.45, 7) is 3.22. The lowest BCUT2D eigenvalue weighted by Gasteiger charge is -2.33. The van der Waals surface area contributed by atoms with E-state index in [0.29, 0.717) is 25.2 Å². The number of benzene rings is 1. The molecule has 0 aliphatic carbocycles. The van der Waals surface area contributed by atoms with Crippen LogP contribution in [0.4, 0.5) is 0 Å². The lowest BCUT2D eigenvalue weighted by molar-refractivity contribution is -0.125. The molecule has 0 radical (unpaired) electrons. The van der Waals surface area contributed by atoms with Crippen molar-refractivity contribution in [3.63, 3.8) is 0 Å². The van der Waals surface area contributed by atoms with Crippen LogP contribution in [0.2, 0.25) is 0 Å². The molecule has 0 bridgehead atoms. The van der Waals surface area contributed by atoms with Gasteiger partial charge in [-0.15, -0.1) is 11.3 Å². The van der Waals surface area contributed by atoms with E-state index >= 15 is 0 Å². The van der Waals surface area contributed by atoms with E-state index in [0.717, 1.165) is 16.1 Å². The molecular weight excluding hydrogens is 360 g/mol. The molecule has 0 spiro atoms. The van der Waals surface area contributed by atoms with Crippen LogP contribution in [0.3, 0.4) is 0 Å². The summed E-state index contributed by atoms with van der Waals surface area (Å²) in [6, 6.07) is 11.0. The molecule has 4 rings (SSSR count). The van der Waals surface area contributed by atoms with Crippen molar-refractivity contribution in [2.24, 2.45) is 0 Å². The maximum Gasteiger partial charge on any atom is 0.254 e. The highest BCUT2D eigenvalue weighted by Crippen LogP contribution is 2.23. The summed E-state index contributed by atoms with van der Waals surface area (Å²) in [5.41, 5.74) is 2.53. The number of nitrogens with one attached hydrogen (secondary N) is 1. The van der Waals surface area contributed by atoms with Crippen LogP contribution in [-0.4, -0.2) is 32.8 Å². The second kappa shape index (κ2) is 7.36. The van der Waals surface area contributed by atoms with Gasteiger partial charge in [0.2, 0.25) is 5.91 Å². The van der Waals surface area contributed by atoms with Crippen LogP contribution in [0.1, 0.15) is 32.5 Å². The monoisotopic (exact) mass is 380 g/mol. The smallest absolute Gasteiger partial charge is 0.254 e. The summed E-state index contributed by atoms with van der Waals surface area (Å²) in [7, 11) is 0. The van der Waals surface area contributed by atoms with E-state index in [1.807, 2.05) is 53.3 Å². The highest BCUT2D eigenvalue weighted by atomic mass is 32.1. The van der Waals surface area contributed by atoms with Crippen molar-refractivity contribution < 1.29 is 9.59 Å². The van der Waals surface area contributed by atoms with Gasteiger partial charge in [0.15, 0.2) is 0 Å². The first-order valence-corrected chi connectivity index (χ1v) is 9.66. The predicted octanol–water partition coefficient (Wildman–Crippen LogP) is 2.77. The van der Waals surface area contributed by atoms with Crippen LogP contribution in [0.15, 0.2) is 54.3 Å². The van der Waals surface area contributed by atoms with E-state index in [1.165, 1.54) is 0 Å². The average Bonchev–Trinajstić information content (AvgIpc) is 3.36. The summed E-state index contributed by atoms with van der Waals surface area (Å²) in [5, 5.41) is 4.96. The molecule has 2 amide bonds. The van der Waals surface area contributed by atoms with Gasteiger partial charge >= 0.3 is 0 Å². The Morgan fingerprint density at radius 3 is 2.96 bits per heavy atom. The molecule has 138 valence electrons. The molecule has 3 heterocycles. The fourth-order valence-electron chi connectivity index (χ4n) is 3.32. The van der Waals surface area contributed by atoms with Gasteiger partial charge in [-0.25, -0.2) is 4.98 Å². The Bertz CT molecular complexity index is 964. The number of aryl methyl sites for hydroxylation is 1. The molecule has 7 heteroatoms. The largest absolute Gasteiger partial charge is 0.349 e. The van der Waals surface area contributed by atoms with Gasteiger partial charge in [-0.05, 0) is 30.5 Å². The van der Waals surface area contributed by atoms with E-state index in [2.05, 4.69) is 10.3 Å². The summed E-state index contributed by atoms with van der Waals surface area (Å²) in [6.07, 6.45) is 3.38. The van der Waals surface area contributed by atoms with Crippen LogP contribution in [-0.2, 0) is 17.9 Å². The zero-order valence-corrected chi connectivity index (χ0v) is 15.8. The topological polar surface area (TPSA) is 67.2 Å². The van der Waals surface area contributed by atoms with Crippen molar-refractivity contribution in [3.05, 3.63) is 76.0 Å². The van der Waals surface area contributed by atoms with Gasteiger partial charge in [0.25, 0.3) is 5.91 Å². The van der Waals surface area contributed by atoms with Gasteiger partial charge < -0.3 is 14.8 Å². The first-order chi connectivity index (χ1) is 13.1. The van der Waals surface area contributed by atoms with Gasteiger partial charge in [-0.1, -0.05) is 23.8 Å². The molecule has 1 aliphatic rings. The number of imidazole rings is 1. The molecule has 6 nitrogen and oxygen atoms in total. The Morgan fingerprint density at radius 2 is 2.19 bits per heavy atom. The van der Waals surface area contributed by atoms with Gasteiger partial charge in [0.1, 0.15) is 6.04 Å². The minimum absolute atomic E-state index is 0.0674. The summed E-state index contributed by atoms with van der Waals surface area (Å²) in [5.74, 6) is -0.174. The number of carbonyl (C=O) groups is 2. The van der Waals surface area contributed by atoms with Crippen molar-refractivity contribution in [2.45, 2.75) is 26.1 Å². The van der Waals surface area contributed by atoms with Crippen LogP contribution < -0.4 is 5.32 Å². The number of carbonyl (C=O) groups excluding carboxylic acids is 2. The third-order valence-corrected chi connectivity index (χ3v) is 5.58. The van der Waals surface area contributed by atoms with Crippen LogP contribution in [0.25, 0.3) is 0 Å². The molecule has 2 aromatic heterocycles. The van der Waals surface area contributed by atoms with Crippen LogP contribution in [0.5, 0.6) is 0 Å². The molecule has 3 aromatic rings. The summed E-state index contributed by atoms with van der Waals surface area (Å²) < 4.78 is 1.86. The minimum atomic E-state index is -0.482. The van der Waals surface area contributed by atoms with Gasteiger partial charge in [0, 0.05) is 16.6 Å². The number of hydrogen-bond acceptors (Lipinski definition) is 4. The number of thiophene rings is 1. The highest BCUT2D eigenvalue weighted by molar-refractivity contribution is 7.09. The second-order valence-corrected chi connectivity index (χ2v) is 7.69. The van der Waals surface area contributed by atoms with E-state index in [4.69, 9.17) is 0 Å². The first kappa shape index (κ1) is 17.5. The lowest BCUT2D eigenvalue weighted by Crippen LogP contribution is -2.46. The molecule has 0 saturated heterocycles.